The highest BCUT2D eigenvalue weighted by molar-refractivity contribution is 7.46. The minimum atomic E-state index is -4.72. The molecule has 0 bridgehead atoms. The highest BCUT2D eigenvalue weighted by Gasteiger charge is 2.45. The van der Waals surface area contributed by atoms with Crippen LogP contribution in [0.3, 0.4) is 0 Å². The maximum absolute atomic E-state index is 14.1. The van der Waals surface area contributed by atoms with Gasteiger partial charge in [0, 0.05) is 48.9 Å². The SMILES string of the molecule is C=C1C=C/C(=C(/C)c2c3cc(C)/c(=N/CC)cc-3oc3cc(OC)c(C)cc23)C(C(=O)ON2C(=O)CCC2=O)C1C(=O)OCCCOP(=O)(O)O. The molecule has 5 rings (SSSR count). The number of carbonyl (C=O) groups excluding carboxylic acids is 4. The molecule has 2 heterocycles. The average molecular weight is 723 g/mol. The van der Waals surface area contributed by atoms with E-state index in [4.69, 9.17) is 28.5 Å². The summed E-state index contributed by atoms with van der Waals surface area (Å²) in [6.07, 6.45) is 2.90. The molecule has 0 radical (unpaired) electrons. The lowest BCUT2D eigenvalue weighted by Crippen LogP contribution is -2.41. The first kappa shape index (κ1) is 37.4. The molecule has 1 saturated heterocycles. The maximum atomic E-state index is 14.1. The van der Waals surface area contributed by atoms with E-state index >= 15 is 0 Å². The van der Waals surface area contributed by atoms with Gasteiger partial charge in [0.2, 0.25) is 0 Å². The Morgan fingerprint density at radius 3 is 2.37 bits per heavy atom. The molecule has 1 aromatic rings. The van der Waals surface area contributed by atoms with Crippen molar-refractivity contribution in [3.05, 3.63) is 76.2 Å². The number of hydrogen-bond acceptors (Lipinski definition) is 11. The Bertz CT molecular complexity index is 2070. The van der Waals surface area contributed by atoms with Gasteiger partial charge in [-0.05, 0) is 73.2 Å². The van der Waals surface area contributed by atoms with Gasteiger partial charge in [-0.3, -0.25) is 23.9 Å². The minimum Gasteiger partial charge on any atom is -0.496 e. The molecule has 2 atom stereocenters. The van der Waals surface area contributed by atoms with Gasteiger partial charge in [-0.25, -0.2) is 9.36 Å². The lowest BCUT2D eigenvalue weighted by Gasteiger charge is -2.31. The predicted octanol–water partition coefficient (Wildman–Crippen LogP) is 4.87. The number of hydrogen-bond donors (Lipinski definition) is 2. The molecule has 2 aliphatic carbocycles. The number of phosphoric ester groups is 1. The first-order valence-electron chi connectivity index (χ1n) is 16.2. The standard InChI is InChI=1S/C36H39N2O12P/c1-7-37-26-17-28-24(15-20(26)3)33(25-16-21(4)27(46-6)18-29(25)49-28)22(5)23-10-9-19(2)32(35(41)47-13-8-14-48-51(43,44)45)34(23)36(42)50-38-30(39)11-12-31(38)40/h9-10,15-18,32,34H,2,7-8,11-14H2,1,3-6H3,(H2,43,44,45)/b23-22+,37-26+. The van der Waals surface area contributed by atoms with Crippen molar-refractivity contribution < 1.29 is 56.8 Å². The Morgan fingerprint density at radius 2 is 1.73 bits per heavy atom. The number of aryl methyl sites for hydroxylation is 2. The van der Waals surface area contributed by atoms with E-state index in [1.165, 1.54) is 0 Å². The van der Waals surface area contributed by atoms with Crippen LogP contribution in [0, 0.1) is 25.7 Å². The number of benzene rings is 2. The largest absolute Gasteiger partial charge is 0.496 e. The zero-order chi connectivity index (χ0) is 37.2. The number of carbonyl (C=O) groups is 4. The summed E-state index contributed by atoms with van der Waals surface area (Å²) in [5, 5.41) is 1.85. The number of methoxy groups -OCH3 is 1. The van der Waals surface area contributed by atoms with Crippen LogP contribution in [0.15, 0.2) is 63.6 Å². The molecule has 51 heavy (non-hydrogen) atoms. The molecule has 2 aliphatic heterocycles. The van der Waals surface area contributed by atoms with Crippen molar-refractivity contribution in [2.24, 2.45) is 16.8 Å². The fourth-order valence-corrected chi connectivity index (χ4v) is 6.66. The number of nitrogens with zero attached hydrogens (tertiary/aromatic N) is 2. The lowest BCUT2D eigenvalue weighted by molar-refractivity contribution is -0.201. The van der Waals surface area contributed by atoms with Crippen LogP contribution in [0.2, 0.25) is 0 Å². The van der Waals surface area contributed by atoms with Crippen LogP contribution >= 0.6 is 7.82 Å². The van der Waals surface area contributed by atoms with E-state index in [2.05, 4.69) is 16.1 Å². The second-order valence-electron chi connectivity index (χ2n) is 12.2. The first-order chi connectivity index (χ1) is 24.1. The summed E-state index contributed by atoms with van der Waals surface area (Å²) in [6.45, 7) is 11.4. The third kappa shape index (κ3) is 7.89. The van der Waals surface area contributed by atoms with Crippen LogP contribution < -0.4 is 10.1 Å². The Labute approximate surface area is 293 Å². The van der Waals surface area contributed by atoms with Crippen LogP contribution in [0.25, 0.3) is 27.9 Å². The third-order valence-electron chi connectivity index (χ3n) is 8.72. The number of rotatable bonds is 11. The van der Waals surface area contributed by atoms with E-state index in [0.29, 0.717) is 56.4 Å². The molecule has 1 aromatic carbocycles. The second-order valence-corrected chi connectivity index (χ2v) is 13.4. The van der Waals surface area contributed by atoms with Gasteiger partial charge < -0.3 is 28.5 Å². The number of fused-ring (bicyclic) bond motifs is 2. The molecule has 4 aliphatic rings. The molecule has 2 amide bonds. The monoisotopic (exact) mass is 722 g/mol. The fraction of sp³-hybridized carbons (Fsp3) is 0.361. The van der Waals surface area contributed by atoms with E-state index in [-0.39, 0.29) is 31.4 Å². The number of imide groups is 1. The van der Waals surface area contributed by atoms with Crippen molar-refractivity contribution in [2.75, 3.05) is 26.9 Å². The van der Waals surface area contributed by atoms with Crippen LogP contribution in [0.1, 0.15) is 49.8 Å². The van der Waals surface area contributed by atoms with Crippen molar-refractivity contribution in [2.45, 2.75) is 47.0 Å². The summed E-state index contributed by atoms with van der Waals surface area (Å²) in [7, 11) is -3.17. The smallest absolute Gasteiger partial charge is 0.469 e. The van der Waals surface area contributed by atoms with Crippen LogP contribution in [-0.2, 0) is 37.8 Å². The summed E-state index contributed by atoms with van der Waals surface area (Å²) in [5.41, 5.74) is 4.64. The van der Waals surface area contributed by atoms with Crippen LogP contribution in [0.5, 0.6) is 5.75 Å². The van der Waals surface area contributed by atoms with Gasteiger partial charge in [0.15, 0.2) is 0 Å². The maximum Gasteiger partial charge on any atom is 0.469 e. The summed E-state index contributed by atoms with van der Waals surface area (Å²) >= 11 is 0. The Morgan fingerprint density at radius 1 is 1.02 bits per heavy atom. The fourth-order valence-electron chi connectivity index (χ4n) is 6.29. The normalized spacial score (nSPS) is 19.3. The van der Waals surface area contributed by atoms with Crippen molar-refractivity contribution in [3.8, 4) is 17.1 Å². The highest BCUT2D eigenvalue weighted by Crippen LogP contribution is 2.45. The van der Waals surface area contributed by atoms with Crippen LogP contribution in [0.4, 0.5) is 0 Å². The number of amides is 2. The van der Waals surface area contributed by atoms with E-state index in [1.54, 1.807) is 32.3 Å². The zero-order valence-corrected chi connectivity index (χ0v) is 29.8. The summed E-state index contributed by atoms with van der Waals surface area (Å²) < 4.78 is 32.9. The molecule has 2 unspecified atom stereocenters. The lowest BCUT2D eigenvalue weighted by atomic mass is 9.74. The highest BCUT2D eigenvalue weighted by atomic mass is 31.2. The van der Waals surface area contributed by atoms with Crippen molar-refractivity contribution in [3.63, 3.8) is 0 Å². The average Bonchev–Trinajstić information content (AvgIpc) is 3.38. The molecule has 14 nitrogen and oxygen atoms in total. The van der Waals surface area contributed by atoms with E-state index in [0.717, 1.165) is 16.5 Å². The van der Waals surface area contributed by atoms with Gasteiger partial charge in [0.25, 0.3) is 11.8 Å². The number of esters is 1. The van der Waals surface area contributed by atoms with Crippen molar-refractivity contribution >= 4 is 48.1 Å². The van der Waals surface area contributed by atoms with Gasteiger partial charge in [-0.2, -0.15) is 0 Å². The van der Waals surface area contributed by atoms with Crippen molar-refractivity contribution in [1.82, 2.24) is 5.06 Å². The predicted molar refractivity (Wildman–Crippen MR) is 184 cm³/mol. The van der Waals surface area contributed by atoms with E-state index in [9.17, 15) is 23.7 Å². The number of allylic oxidation sites excluding steroid dienone is 3. The molecule has 0 saturated carbocycles. The number of ether oxygens (including phenoxy) is 2. The topological polar surface area (TPSA) is 191 Å². The van der Waals surface area contributed by atoms with Crippen molar-refractivity contribution in [1.29, 1.82) is 0 Å². The molecule has 0 aromatic heterocycles. The summed E-state index contributed by atoms with van der Waals surface area (Å²) in [5.74, 6) is -5.01. The third-order valence-corrected chi connectivity index (χ3v) is 9.24. The molecular formula is C36H39N2O12P. The molecule has 15 heteroatoms. The molecule has 270 valence electrons. The molecular weight excluding hydrogens is 683 g/mol. The number of hydroxylamine groups is 2. The van der Waals surface area contributed by atoms with E-state index < -0.39 is 50.0 Å². The minimum absolute atomic E-state index is 0.0561. The van der Waals surface area contributed by atoms with Gasteiger partial charge >= 0.3 is 19.8 Å². The second kappa shape index (κ2) is 15.2. The van der Waals surface area contributed by atoms with Gasteiger partial charge in [0.1, 0.15) is 23.0 Å². The molecule has 0 spiro atoms. The summed E-state index contributed by atoms with van der Waals surface area (Å²) in [6, 6.07) is 7.46. The first-order valence-corrected chi connectivity index (χ1v) is 17.8. The molecule has 2 N–H and O–H groups in total. The van der Waals surface area contributed by atoms with Gasteiger partial charge in [-0.1, -0.05) is 18.7 Å². The molecule has 1 fully saturated rings. The Balaban J connectivity index is 1.70. The van der Waals surface area contributed by atoms with E-state index in [1.807, 2.05) is 39.0 Å². The quantitative estimate of drug-likeness (QED) is 0.0899. The number of phosphoric acid groups is 1. The zero-order valence-electron chi connectivity index (χ0n) is 28.9. The van der Waals surface area contributed by atoms with Gasteiger partial charge in [-0.15, -0.1) is 5.06 Å². The van der Waals surface area contributed by atoms with Gasteiger partial charge in [0.05, 0.1) is 31.6 Å². The Kier molecular flexibility index (Phi) is 11.1. The van der Waals surface area contributed by atoms with Crippen LogP contribution in [-0.4, -0.2) is 65.5 Å². The summed E-state index contributed by atoms with van der Waals surface area (Å²) in [4.78, 5) is 80.7. The Hall–Kier alpha value is -4.88.